The van der Waals surface area contributed by atoms with E-state index in [4.69, 9.17) is 39.5 Å². The van der Waals surface area contributed by atoms with Crippen LogP contribution in [0.3, 0.4) is 0 Å². The average molecular weight is 316 g/mol. The van der Waals surface area contributed by atoms with Gasteiger partial charge in [-0.25, -0.2) is 0 Å². The van der Waals surface area contributed by atoms with Crippen molar-refractivity contribution in [1.29, 1.82) is 0 Å². The van der Waals surface area contributed by atoms with Gasteiger partial charge in [0, 0.05) is 16.7 Å². The third kappa shape index (κ3) is 3.41. The van der Waals surface area contributed by atoms with E-state index in [1.54, 1.807) is 36.4 Å². The Bertz CT molecular complexity index is 639. The van der Waals surface area contributed by atoms with E-state index in [-0.39, 0.29) is 5.78 Å². The molecule has 2 rings (SSSR count). The largest absolute Gasteiger partial charge is 0.456 e. The third-order valence-corrected chi connectivity index (χ3v) is 3.28. The molecule has 0 N–H and O–H groups in total. The normalized spacial score (nSPS) is 10.3. The molecule has 2 aromatic carbocycles. The first kappa shape index (κ1) is 14.2. The molecule has 0 saturated carbocycles. The molecule has 2 aromatic rings. The summed E-state index contributed by atoms with van der Waals surface area (Å²) in [6.07, 6.45) is 0. The first-order valence-electron chi connectivity index (χ1n) is 5.41. The minimum atomic E-state index is -0.0962. The zero-order valence-corrected chi connectivity index (χ0v) is 12.2. The Morgan fingerprint density at radius 2 is 1.74 bits per heavy atom. The number of halogens is 3. The maximum absolute atomic E-state index is 11.3. The lowest BCUT2D eigenvalue weighted by molar-refractivity contribution is 0.101. The second-order valence-electron chi connectivity index (χ2n) is 3.87. The summed E-state index contributed by atoms with van der Waals surface area (Å²) in [6.45, 7) is 1.46. The van der Waals surface area contributed by atoms with Gasteiger partial charge in [0.05, 0.1) is 10.0 Å². The molecule has 0 aliphatic heterocycles. The van der Waals surface area contributed by atoms with Gasteiger partial charge in [-0.3, -0.25) is 4.79 Å². The minimum absolute atomic E-state index is 0.0962. The van der Waals surface area contributed by atoms with Crippen LogP contribution < -0.4 is 4.74 Å². The number of hydrogen-bond acceptors (Lipinski definition) is 2. The van der Waals surface area contributed by atoms with Crippen LogP contribution in [-0.2, 0) is 0 Å². The van der Waals surface area contributed by atoms with Crippen LogP contribution in [0.15, 0.2) is 36.4 Å². The number of carbonyl (C=O) groups excluding carboxylic acids is 1. The van der Waals surface area contributed by atoms with Crippen molar-refractivity contribution in [3.63, 3.8) is 0 Å². The monoisotopic (exact) mass is 314 g/mol. The number of Topliss-reactive ketones (excluding diaryl/α,β-unsaturated/α-hetero) is 1. The van der Waals surface area contributed by atoms with Crippen molar-refractivity contribution >= 4 is 40.6 Å². The molecule has 0 bridgehead atoms. The number of hydrogen-bond donors (Lipinski definition) is 0. The number of ketones is 1. The first-order valence-corrected chi connectivity index (χ1v) is 6.54. The third-order valence-electron chi connectivity index (χ3n) is 2.44. The van der Waals surface area contributed by atoms with E-state index in [2.05, 4.69) is 0 Å². The maximum atomic E-state index is 11.3. The maximum Gasteiger partial charge on any atom is 0.161 e. The van der Waals surface area contributed by atoms with E-state index < -0.39 is 0 Å². The van der Waals surface area contributed by atoms with Crippen LogP contribution in [0, 0.1) is 0 Å². The van der Waals surface area contributed by atoms with E-state index in [9.17, 15) is 4.79 Å². The molecule has 98 valence electrons. The molecule has 0 aromatic heterocycles. The second kappa shape index (κ2) is 5.83. The Morgan fingerprint density at radius 1 is 1.00 bits per heavy atom. The summed E-state index contributed by atoms with van der Waals surface area (Å²) in [5, 5.41) is 1.27. The molecule has 2 nitrogen and oxygen atoms in total. The SMILES string of the molecule is CC(=O)c1ccc(Oc2ccc(Cl)cc2Cl)cc1Cl. The lowest BCUT2D eigenvalue weighted by Gasteiger charge is -2.09. The van der Waals surface area contributed by atoms with Crippen molar-refractivity contribution in [1.82, 2.24) is 0 Å². The molecular formula is C14H9Cl3O2. The fraction of sp³-hybridized carbons (Fsp3) is 0.0714. The summed E-state index contributed by atoms with van der Waals surface area (Å²) in [7, 11) is 0. The van der Waals surface area contributed by atoms with Crippen LogP contribution in [-0.4, -0.2) is 5.78 Å². The van der Waals surface area contributed by atoms with Gasteiger partial charge in [0.25, 0.3) is 0 Å². The van der Waals surface area contributed by atoms with Gasteiger partial charge in [0.15, 0.2) is 5.78 Å². The molecule has 0 spiro atoms. The summed E-state index contributed by atoms with van der Waals surface area (Å²) in [4.78, 5) is 11.3. The molecule has 0 aliphatic rings. The summed E-state index contributed by atoms with van der Waals surface area (Å²) < 4.78 is 5.59. The average Bonchev–Trinajstić information content (AvgIpc) is 2.32. The number of carbonyl (C=O) groups is 1. The Labute approximate surface area is 125 Å². The van der Waals surface area contributed by atoms with E-state index >= 15 is 0 Å². The van der Waals surface area contributed by atoms with Crippen molar-refractivity contribution in [2.24, 2.45) is 0 Å². The van der Waals surface area contributed by atoms with Gasteiger partial charge in [-0.2, -0.15) is 0 Å². The lowest BCUT2D eigenvalue weighted by atomic mass is 10.1. The number of ether oxygens (including phenoxy) is 1. The van der Waals surface area contributed by atoms with Crippen LogP contribution in [0.4, 0.5) is 0 Å². The molecule has 5 heteroatoms. The van der Waals surface area contributed by atoms with Crippen molar-refractivity contribution < 1.29 is 9.53 Å². The highest BCUT2D eigenvalue weighted by Gasteiger charge is 2.09. The summed E-state index contributed by atoms with van der Waals surface area (Å²) >= 11 is 17.8. The van der Waals surface area contributed by atoms with E-state index in [0.29, 0.717) is 32.1 Å². The summed E-state index contributed by atoms with van der Waals surface area (Å²) in [5.74, 6) is 0.873. The highest BCUT2D eigenvalue weighted by atomic mass is 35.5. The van der Waals surface area contributed by atoms with Crippen molar-refractivity contribution in [2.75, 3.05) is 0 Å². The van der Waals surface area contributed by atoms with Gasteiger partial charge >= 0.3 is 0 Å². The number of rotatable bonds is 3. The van der Waals surface area contributed by atoms with Crippen LogP contribution in [0.25, 0.3) is 0 Å². The minimum Gasteiger partial charge on any atom is -0.456 e. The van der Waals surface area contributed by atoms with E-state index in [0.717, 1.165) is 0 Å². The van der Waals surface area contributed by atoms with Crippen LogP contribution in [0.1, 0.15) is 17.3 Å². The smallest absolute Gasteiger partial charge is 0.161 e. The number of benzene rings is 2. The Hall–Kier alpha value is -1.22. The molecule has 0 unspecified atom stereocenters. The Morgan fingerprint density at radius 3 is 2.32 bits per heavy atom. The van der Waals surface area contributed by atoms with Crippen molar-refractivity contribution in [3.8, 4) is 11.5 Å². The Balaban J connectivity index is 2.29. The molecule has 0 amide bonds. The van der Waals surface area contributed by atoms with Gasteiger partial charge in [-0.1, -0.05) is 34.8 Å². The van der Waals surface area contributed by atoms with Crippen molar-refractivity contribution in [2.45, 2.75) is 6.92 Å². The molecule has 0 saturated heterocycles. The fourth-order valence-electron chi connectivity index (χ4n) is 1.53. The molecule has 0 atom stereocenters. The van der Waals surface area contributed by atoms with E-state index in [1.807, 2.05) is 0 Å². The fourth-order valence-corrected chi connectivity index (χ4v) is 2.28. The van der Waals surface area contributed by atoms with Gasteiger partial charge in [0.1, 0.15) is 11.5 Å². The zero-order chi connectivity index (χ0) is 14.0. The zero-order valence-electron chi connectivity index (χ0n) is 9.91. The van der Waals surface area contributed by atoms with Crippen LogP contribution >= 0.6 is 34.8 Å². The topological polar surface area (TPSA) is 26.3 Å². The van der Waals surface area contributed by atoms with Gasteiger partial charge in [0.2, 0.25) is 0 Å². The van der Waals surface area contributed by atoms with Crippen LogP contribution in [0.5, 0.6) is 11.5 Å². The molecule has 19 heavy (non-hydrogen) atoms. The molecule has 0 fully saturated rings. The lowest BCUT2D eigenvalue weighted by Crippen LogP contribution is -1.94. The van der Waals surface area contributed by atoms with Gasteiger partial charge < -0.3 is 4.74 Å². The first-order chi connectivity index (χ1) is 8.97. The predicted molar refractivity (Wildman–Crippen MR) is 78.0 cm³/mol. The quantitative estimate of drug-likeness (QED) is 0.685. The highest BCUT2D eigenvalue weighted by molar-refractivity contribution is 6.35. The van der Waals surface area contributed by atoms with E-state index in [1.165, 1.54) is 6.92 Å². The Kier molecular flexibility index (Phi) is 4.35. The van der Waals surface area contributed by atoms with Gasteiger partial charge in [-0.05, 0) is 37.3 Å². The summed E-state index contributed by atoms with van der Waals surface area (Å²) in [6, 6.07) is 9.77. The second-order valence-corrected chi connectivity index (χ2v) is 5.13. The van der Waals surface area contributed by atoms with Crippen molar-refractivity contribution in [3.05, 3.63) is 57.0 Å². The van der Waals surface area contributed by atoms with Gasteiger partial charge in [-0.15, -0.1) is 0 Å². The molecule has 0 radical (unpaired) electrons. The molecular weight excluding hydrogens is 307 g/mol. The highest BCUT2D eigenvalue weighted by Crippen LogP contribution is 2.33. The van der Waals surface area contributed by atoms with Crippen LogP contribution in [0.2, 0.25) is 15.1 Å². The predicted octanol–water partition coefficient (Wildman–Crippen LogP) is 5.64. The molecule has 0 aliphatic carbocycles. The standard InChI is InChI=1S/C14H9Cl3O2/c1-8(18)11-4-3-10(7-12(11)16)19-14-5-2-9(15)6-13(14)17/h2-7H,1H3. The molecule has 0 heterocycles. The summed E-state index contributed by atoms with van der Waals surface area (Å²) in [5.41, 5.74) is 0.455.